The van der Waals surface area contributed by atoms with E-state index in [0.717, 1.165) is 25.9 Å². The SMILES string of the molecule is CN(C(=O)CC(C)(C)C(=O)O)C1CCNCC1. The number of aliphatic carboxylic acids is 1. The van der Waals surface area contributed by atoms with Crippen molar-refractivity contribution in [3.63, 3.8) is 0 Å². The highest BCUT2D eigenvalue weighted by Crippen LogP contribution is 2.23. The number of hydrogen-bond acceptors (Lipinski definition) is 3. The van der Waals surface area contributed by atoms with Gasteiger partial charge in [-0.05, 0) is 39.8 Å². The summed E-state index contributed by atoms with van der Waals surface area (Å²) in [6, 6.07) is 0.244. The summed E-state index contributed by atoms with van der Waals surface area (Å²) in [5.41, 5.74) is -0.988. The quantitative estimate of drug-likeness (QED) is 0.761. The number of hydrogen-bond donors (Lipinski definition) is 2. The van der Waals surface area contributed by atoms with Crippen LogP contribution in [-0.2, 0) is 9.59 Å². The first-order valence-corrected chi connectivity index (χ1v) is 6.04. The molecule has 98 valence electrons. The van der Waals surface area contributed by atoms with Crippen molar-refractivity contribution in [3.05, 3.63) is 0 Å². The van der Waals surface area contributed by atoms with E-state index in [1.54, 1.807) is 25.8 Å². The van der Waals surface area contributed by atoms with Gasteiger partial charge in [-0.25, -0.2) is 0 Å². The summed E-state index contributed by atoms with van der Waals surface area (Å²) in [5.74, 6) is -1.01. The largest absolute Gasteiger partial charge is 0.481 e. The van der Waals surface area contributed by atoms with Gasteiger partial charge in [0.05, 0.1) is 5.41 Å². The standard InChI is InChI=1S/C12H22N2O3/c1-12(2,11(16)17)8-10(15)14(3)9-4-6-13-7-5-9/h9,13H,4-8H2,1-3H3,(H,16,17). The minimum atomic E-state index is -0.988. The molecule has 1 rings (SSSR count). The van der Waals surface area contributed by atoms with Gasteiger partial charge in [0.25, 0.3) is 0 Å². The lowest BCUT2D eigenvalue weighted by molar-refractivity contribution is -0.151. The topological polar surface area (TPSA) is 69.6 Å². The maximum absolute atomic E-state index is 12.0. The molecule has 0 spiro atoms. The van der Waals surface area contributed by atoms with Gasteiger partial charge >= 0.3 is 5.97 Å². The van der Waals surface area contributed by atoms with Crippen molar-refractivity contribution < 1.29 is 14.7 Å². The van der Waals surface area contributed by atoms with Crippen molar-refractivity contribution in [2.24, 2.45) is 5.41 Å². The maximum atomic E-state index is 12.0. The summed E-state index contributed by atoms with van der Waals surface area (Å²) in [6.45, 7) is 5.02. The number of carbonyl (C=O) groups is 2. The van der Waals surface area contributed by atoms with Crippen LogP contribution in [0.1, 0.15) is 33.1 Å². The fraction of sp³-hybridized carbons (Fsp3) is 0.833. The molecule has 0 aliphatic carbocycles. The third kappa shape index (κ3) is 3.70. The van der Waals surface area contributed by atoms with E-state index < -0.39 is 11.4 Å². The molecular weight excluding hydrogens is 220 g/mol. The molecule has 0 aromatic carbocycles. The second-order valence-corrected chi connectivity index (χ2v) is 5.35. The van der Waals surface area contributed by atoms with Crippen molar-refractivity contribution >= 4 is 11.9 Å². The lowest BCUT2D eigenvalue weighted by Gasteiger charge is -2.33. The molecule has 1 saturated heterocycles. The van der Waals surface area contributed by atoms with Crippen molar-refractivity contribution in [1.82, 2.24) is 10.2 Å². The van der Waals surface area contributed by atoms with Crippen molar-refractivity contribution in [3.8, 4) is 0 Å². The number of amides is 1. The molecule has 0 bridgehead atoms. The number of piperidine rings is 1. The smallest absolute Gasteiger partial charge is 0.309 e. The Bertz CT molecular complexity index is 296. The molecule has 0 aromatic rings. The van der Waals surface area contributed by atoms with Crippen LogP contribution in [-0.4, -0.2) is 48.1 Å². The lowest BCUT2D eigenvalue weighted by Crippen LogP contribution is -2.45. The Balaban J connectivity index is 2.54. The third-order valence-electron chi connectivity index (χ3n) is 3.42. The number of carboxylic acid groups (broad SMARTS) is 1. The summed E-state index contributed by atoms with van der Waals surface area (Å²) in [6.07, 6.45) is 1.94. The monoisotopic (exact) mass is 242 g/mol. The summed E-state index contributed by atoms with van der Waals surface area (Å²) >= 11 is 0. The minimum absolute atomic E-state index is 0.0583. The van der Waals surface area contributed by atoms with Crippen LogP contribution in [0, 0.1) is 5.41 Å². The predicted molar refractivity (Wildman–Crippen MR) is 64.7 cm³/mol. The number of rotatable bonds is 4. The van der Waals surface area contributed by atoms with Crippen LogP contribution in [0.2, 0.25) is 0 Å². The second kappa shape index (κ2) is 5.49. The summed E-state index contributed by atoms with van der Waals surface area (Å²) in [5, 5.41) is 12.2. The van der Waals surface area contributed by atoms with Crippen LogP contribution in [0.5, 0.6) is 0 Å². The van der Waals surface area contributed by atoms with E-state index in [9.17, 15) is 9.59 Å². The molecule has 1 aliphatic heterocycles. The van der Waals surface area contributed by atoms with Gasteiger partial charge in [0, 0.05) is 19.5 Å². The Kier molecular flexibility index (Phi) is 4.51. The van der Waals surface area contributed by atoms with E-state index in [4.69, 9.17) is 5.11 Å². The Morgan fingerprint density at radius 2 is 1.88 bits per heavy atom. The molecule has 0 unspecified atom stereocenters. The number of carbonyl (C=O) groups excluding carboxylic acids is 1. The van der Waals surface area contributed by atoms with E-state index in [0.29, 0.717) is 0 Å². The van der Waals surface area contributed by atoms with Crippen LogP contribution >= 0.6 is 0 Å². The molecule has 1 amide bonds. The zero-order valence-electron chi connectivity index (χ0n) is 10.8. The van der Waals surface area contributed by atoms with Crippen molar-refractivity contribution in [2.45, 2.75) is 39.2 Å². The van der Waals surface area contributed by atoms with E-state index in [1.165, 1.54) is 0 Å². The van der Waals surface area contributed by atoms with E-state index in [-0.39, 0.29) is 18.4 Å². The van der Waals surface area contributed by atoms with Gasteiger partial charge in [-0.3, -0.25) is 9.59 Å². The van der Waals surface area contributed by atoms with Crippen molar-refractivity contribution in [2.75, 3.05) is 20.1 Å². The Hall–Kier alpha value is -1.10. The third-order valence-corrected chi connectivity index (χ3v) is 3.42. The van der Waals surface area contributed by atoms with Gasteiger partial charge in [-0.1, -0.05) is 0 Å². The highest BCUT2D eigenvalue weighted by Gasteiger charge is 2.33. The average molecular weight is 242 g/mol. The van der Waals surface area contributed by atoms with Crippen molar-refractivity contribution in [1.29, 1.82) is 0 Å². The Morgan fingerprint density at radius 3 is 2.35 bits per heavy atom. The zero-order valence-corrected chi connectivity index (χ0v) is 10.8. The first kappa shape index (κ1) is 14.0. The molecular formula is C12H22N2O3. The first-order valence-electron chi connectivity index (χ1n) is 6.04. The normalized spacial score (nSPS) is 17.8. The minimum Gasteiger partial charge on any atom is -0.481 e. The highest BCUT2D eigenvalue weighted by atomic mass is 16.4. The highest BCUT2D eigenvalue weighted by molar-refractivity contribution is 5.84. The van der Waals surface area contributed by atoms with Gasteiger partial charge in [-0.2, -0.15) is 0 Å². The zero-order chi connectivity index (χ0) is 13.1. The number of nitrogens with zero attached hydrogens (tertiary/aromatic N) is 1. The molecule has 0 radical (unpaired) electrons. The molecule has 0 aromatic heterocycles. The predicted octanol–water partition coefficient (Wildman–Crippen LogP) is 0.698. The van der Waals surface area contributed by atoms with E-state index in [2.05, 4.69) is 5.32 Å². The number of carboxylic acids is 1. The molecule has 0 atom stereocenters. The average Bonchev–Trinajstić information content (AvgIpc) is 2.28. The molecule has 1 heterocycles. The fourth-order valence-corrected chi connectivity index (χ4v) is 1.98. The number of nitrogens with one attached hydrogen (secondary N) is 1. The van der Waals surface area contributed by atoms with Gasteiger partial charge in [0.15, 0.2) is 0 Å². The molecule has 5 heteroatoms. The molecule has 1 aliphatic rings. The van der Waals surface area contributed by atoms with E-state index >= 15 is 0 Å². The van der Waals surface area contributed by atoms with Crippen LogP contribution in [0.4, 0.5) is 0 Å². The first-order chi connectivity index (χ1) is 7.84. The molecule has 0 saturated carbocycles. The second-order valence-electron chi connectivity index (χ2n) is 5.35. The van der Waals surface area contributed by atoms with Gasteiger partial charge in [-0.15, -0.1) is 0 Å². The molecule has 2 N–H and O–H groups in total. The Labute approximate surface area is 102 Å². The molecule has 5 nitrogen and oxygen atoms in total. The van der Waals surface area contributed by atoms with Crippen LogP contribution < -0.4 is 5.32 Å². The lowest BCUT2D eigenvalue weighted by atomic mass is 9.88. The fourth-order valence-electron chi connectivity index (χ4n) is 1.98. The van der Waals surface area contributed by atoms with Crippen LogP contribution in [0.25, 0.3) is 0 Å². The molecule has 17 heavy (non-hydrogen) atoms. The van der Waals surface area contributed by atoms with Gasteiger partial charge < -0.3 is 15.3 Å². The molecule has 1 fully saturated rings. The van der Waals surface area contributed by atoms with E-state index in [1.807, 2.05) is 0 Å². The summed E-state index contributed by atoms with van der Waals surface area (Å²) in [4.78, 5) is 24.7. The van der Waals surface area contributed by atoms with Gasteiger partial charge in [0.2, 0.25) is 5.91 Å². The Morgan fingerprint density at radius 1 is 1.35 bits per heavy atom. The maximum Gasteiger partial charge on any atom is 0.309 e. The van der Waals surface area contributed by atoms with Crippen LogP contribution in [0.15, 0.2) is 0 Å². The van der Waals surface area contributed by atoms with Gasteiger partial charge in [0.1, 0.15) is 0 Å². The van der Waals surface area contributed by atoms with Crippen LogP contribution in [0.3, 0.4) is 0 Å². The summed E-state index contributed by atoms with van der Waals surface area (Å²) < 4.78 is 0. The summed E-state index contributed by atoms with van der Waals surface area (Å²) in [7, 11) is 1.77.